The van der Waals surface area contributed by atoms with Gasteiger partial charge in [-0.1, -0.05) is 17.7 Å². The average Bonchev–Trinajstić information content (AvgIpc) is 2.13. The molecule has 0 aliphatic heterocycles. The van der Waals surface area contributed by atoms with E-state index in [-0.39, 0.29) is 0 Å². The monoisotopic (exact) mass is 216 g/mol. The molecule has 13 heavy (non-hydrogen) atoms. The summed E-state index contributed by atoms with van der Waals surface area (Å²) in [6, 6.07) is 5.59. The van der Waals surface area contributed by atoms with Crippen LogP contribution in [0.2, 0.25) is 5.15 Å². The molecule has 0 fully saturated rings. The smallest absolute Gasteiger partial charge is 0.131 e. The van der Waals surface area contributed by atoms with Gasteiger partial charge in [0, 0.05) is 6.54 Å². The topological polar surface area (TPSA) is 24.9 Å². The normalized spacial score (nSPS) is 10.0. The Kier molecular flexibility index (Phi) is 5.01. The second kappa shape index (κ2) is 6.11. The third-order valence-corrected chi connectivity index (χ3v) is 2.45. The summed E-state index contributed by atoms with van der Waals surface area (Å²) in [5, 5.41) is 3.75. The number of anilines is 1. The number of nitrogens with one attached hydrogen (secondary N) is 1. The number of aromatic nitrogens is 1. The molecule has 0 unspecified atom stereocenters. The van der Waals surface area contributed by atoms with Gasteiger partial charge in [-0.15, -0.1) is 0 Å². The Labute approximate surface area is 88.1 Å². The first-order chi connectivity index (χ1) is 6.33. The molecule has 0 saturated carbocycles. The van der Waals surface area contributed by atoms with Crippen molar-refractivity contribution in [3.63, 3.8) is 0 Å². The summed E-state index contributed by atoms with van der Waals surface area (Å²) in [7, 11) is 0. The largest absolute Gasteiger partial charge is 0.370 e. The second-order valence-electron chi connectivity index (χ2n) is 2.62. The summed E-state index contributed by atoms with van der Waals surface area (Å²) < 4.78 is 0. The van der Waals surface area contributed by atoms with Crippen molar-refractivity contribution in [3.8, 4) is 0 Å². The molecular weight excluding hydrogens is 204 g/mol. The van der Waals surface area contributed by atoms with Crippen molar-refractivity contribution in [2.24, 2.45) is 0 Å². The molecule has 1 N–H and O–H groups in total. The molecule has 0 spiro atoms. The molecule has 4 heteroatoms. The predicted molar refractivity (Wildman–Crippen MR) is 60.7 cm³/mol. The van der Waals surface area contributed by atoms with Crippen molar-refractivity contribution in [2.45, 2.75) is 6.42 Å². The highest BCUT2D eigenvalue weighted by Gasteiger charge is 1.93. The highest BCUT2D eigenvalue weighted by atomic mass is 35.5. The first-order valence-electron chi connectivity index (χ1n) is 4.18. The van der Waals surface area contributed by atoms with Gasteiger partial charge in [0.1, 0.15) is 11.0 Å². The Balaban J connectivity index is 2.28. The van der Waals surface area contributed by atoms with E-state index in [2.05, 4.69) is 16.6 Å². The van der Waals surface area contributed by atoms with Gasteiger partial charge >= 0.3 is 0 Å². The Bertz CT molecular complexity index is 255. The predicted octanol–water partition coefficient (Wildman–Crippen LogP) is 2.90. The molecule has 1 aromatic rings. The standard InChI is InChI=1S/C9H13ClN2S/c1-13-7-3-6-11-9-5-2-4-8(10)12-9/h2,4-5H,3,6-7H2,1H3,(H,11,12). The molecule has 0 aliphatic rings. The second-order valence-corrected chi connectivity index (χ2v) is 3.99. The van der Waals surface area contributed by atoms with E-state index in [4.69, 9.17) is 11.6 Å². The maximum absolute atomic E-state index is 5.73. The lowest BCUT2D eigenvalue weighted by molar-refractivity contribution is 0.982. The minimum Gasteiger partial charge on any atom is -0.370 e. The van der Waals surface area contributed by atoms with Gasteiger partial charge in [0.25, 0.3) is 0 Å². The zero-order valence-electron chi connectivity index (χ0n) is 7.59. The lowest BCUT2D eigenvalue weighted by Gasteiger charge is -2.04. The maximum atomic E-state index is 5.73. The molecule has 0 bridgehead atoms. The summed E-state index contributed by atoms with van der Waals surface area (Å²) in [6.07, 6.45) is 3.26. The van der Waals surface area contributed by atoms with Crippen LogP contribution in [-0.2, 0) is 0 Å². The van der Waals surface area contributed by atoms with Gasteiger partial charge in [0.2, 0.25) is 0 Å². The molecule has 0 radical (unpaired) electrons. The van der Waals surface area contributed by atoms with E-state index in [1.54, 1.807) is 6.07 Å². The van der Waals surface area contributed by atoms with E-state index in [9.17, 15) is 0 Å². The Morgan fingerprint density at radius 3 is 3.08 bits per heavy atom. The molecule has 0 aromatic carbocycles. The van der Waals surface area contributed by atoms with Gasteiger partial charge in [-0.25, -0.2) is 4.98 Å². The van der Waals surface area contributed by atoms with Crippen molar-refractivity contribution in [2.75, 3.05) is 23.9 Å². The van der Waals surface area contributed by atoms with Gasteiger partial charge in [-0.05, 0) is 30.6 Å². The summed E-state index contributed by atoms with van der Waals surface area (Å²) in [4.78, 5) is 4.12. The molecule has 2 nitrogen and oxygen atoms in total. The van der Waals surface area contributed by atoms with E-state index in [1.165, 1.54) is 5.75 Å². The minimum absolute atomic E-state index is 0.537. The number of hydrogen-bond acceptors (Lipinski definition) is 3. The van der Waals surface area contributed by atoms with E-state index < -0.39 is 0 Å². The van der Waals surface area contributed by atoms with Gasteiger partial charge < -0.3 is 5.32 Å². The molecule has 72 valence electrons. The summed E-state index contributed by atoms with van der Waals surface area (Å²) in [5.74, 6) is 2.03. The maximum Gasteiger partial charge on any atom is 0.131 e. The Hall–Kier alpha value is -0.410. The van der Waals surface area contributed by atoms with E-state index in [0.717, 1.165) is 18.8 Å². The van der Waals surface area contributed by atoms with Crippen LogP contribution in [0.3, 0.4) is 0 Å². The number of nitrogens with zero attached hydrogens (tertiary/aromatic N) is 1. The zero-order valence-corrected chi connectivity index (χ0v) is 9.16. The van der Waals surface area contributed by atoms with Crippen LogP contribution < -0.4 is 5.32 Å². The van der Waals surface area contributed by atoms with Crippen LogP contribution in [0.25, 0.3) is 0 Å². The Morgan fingerprint density at radius 2 is 2.38 bits per heavy atom. The van der Waals surface area contributed by atoms with Crippen LogP contribution in [0.4, 0.5) is 5.82 Å². The van der Waals surface area contributed by atoms with Crippen LogP contribution in [0.5, 0.6) is 0 Å². The SMILES string of the molecule is CSCCCNc1cccc(Cl)n1. The van der Waals surface area contributed by atoms with Crippen molar-refractivity contribution < 1.29 is 0 Å². The average molecular weight is 217 g/mol. The van der Waals surface area contributed by atoms with Gasteiger partial charge in [-0.2, -0.15) is 11.8 Å². The van der Waals surface area contributed by atoms with Crippen LogP contribution in [0, 0.1) is 0 Å². The zero-order chi connectivity index (χ0) is 9.52. The summed E-state index contributed by atoms with van der Waals surface area (Å²) in [5.41, 5.74) is 0. The first-order valence-corrected chi connectivity index (χ1v) is 5.95. The van der Waals surface area contributed by atoms with Crippen molar-refractivity contribution >= 4 is 29.2 Å². The molecule has 1 aromatic heterocycles. The summed E-state index contributed by atoms with van der Waals surface area (Å²) in [6.45, 7) is 0.953. The fraction of sp³-hybridized carbons (Fsp3) is 0.444. The number of thioether (sulfide) groups is 1. The lowest BCUT2D eigenvalue weighted by atomic mass is 10.4. The molecule has 0 saturated heterocycles. The molecule has 0 amide bonds. The highest BCUT2D eigenvalue weighted by Crippen LogP contribution is 2.09. The quantitative estimate of drug-likeness (QED) is 0.605. The lowest BCUT2D eigenvalue weighted by Crippen LogP contribution is -2.03. The van der Waals surface area contributed by atoms with Gasteiger partial charge in [-0.3, -0.25) is 0 Å². The first kappa shape index (κ1) is 10.7. The third-order valence-electron chi connectivity index (χ3n) is 1.55. The molecule has 1 heterocycles. The van der Waals surface area contributed by atoms with Crippen molar-refractivity contribution in [1.29, 1.82) is 0 Å². The molecule has 0 aliphatic carbocycles. The van der Waals surface area contributed by atoms with Crippen molar-refractivity contribution in [1.82, 2.24) is 4.98 Å². The van der Waals surface area contributed by atoms with E-state index >= 15 is 0 Å². The fourth-order valence-corrected chi connectivity index (χ4v) is 1.54. The minimum atomic E-state index is 0.537. The van der Waals surface area contributed by atoms with E-state index in [1.807, 2.05) is 23.9 Å². The number of pyridine rings is 1. The van der Waals surface area contributed by atoms with Crippen molar-refractivity contribution in [3.05, 3.63) is 23.4 Å². The van der Waals surface area contributed by atoms with Crippen LogP contribution in [-0.4, -0.2) is 23.5 Å². The number of halogens is 1. The Morgan fingerprint density at radius 1 is 1.54 bits per heavy atom. The fourth-order valence-electron chi connectivity index (χ4n) is 0.940. The third kappa shape index (κ3) is 4.39. The molecule has 0 atom stereocenters. The van der Waals surface area contributed by atoms with Crippen LogP contribution in [0.15, 0.2) is 18.2 Å². The van der Waals surface area contributed by atoms with E-state index in [0.29, 0.717) is 5.15 Å². The van der Waals surface area contributed by atoms with Crippen LogP contribution in [0.1, 0.15) is 6.42 Å². The summed E-state index contributed by atoms with van der Waals surface area (Å²) >= 11 is 7.58. The highest BCUT2D eigenvalue weighted by molar-refractivity contribution is 7.98. The van der Waals surface area contributed by atoms with Crippen LogP contribution >= 0.6 is 23.4 Å². The molecule has 1 rings (SSSR count). The molecular formula is C9H13ClN2S. The number of rotatable bonds is 5. The number of hydrogen-bond donors (Lipinski definition) is 1. The van der Waals surface area contributed by atoms with Gasteiger partial charge in [0.05, 0.1) is 0 Å². The van der Waals surface area contributed by atoms with Gasteiger partial charge in [0.15, 0.2) is 0 Å².